The second-order valence-corrected chi connectivity index (χ2v) is 5.56. The van der Waals surface area contributed by atoms with Crippen LogP contribution >= 0.6 is 0 Å². The molecule has 112 valence electrons. The first-order chi connectivity index (χ1) is 10.0. The van der Waals surface area contributed by atoms with Crippen molar-refractivity contribution in [3.05, 3.63) is 53.9 Å². The highest BCUT2D eigenvalue weighted by atomic mass is 16.5. The predicted molar refractivity (Wildman–Crippen MR) is 78.8 cm³/mol. The number of carbonyl (C=O) groups is 1. The molecule has 2 N–H and O–H groups in total. The normalized spacial score (nSPS) is 15.2. The third-order valence-corrected chi connectivity index (χ3v) is 3.78. The van der Waals surface area contributed by atoms with E-state index >= 15 is 0 Å². The van der Waals surface area contributed by atoms with Crippen molar-refractivity contribution in [1.82, 2.24) is 10.5 Å². The largest absolute Gasteiger partial charge is 0.393 e. The minimum Gasteiger partial charge on any atom is -0.393 e. The number of carbonyl (C=O) groups excluding carboxylic acids is 1. The molecule has 0 fully saturated rings. The first-order valence-electron chi connectivity index (χ1n) is 6.92. The molecule has 21 heavy (non-hydrogen) atoms. The summed E-state index contributed by atoms with van der Waals surface area (Å²) in [5.74, 6) is -0.302. The Morgan fingerprint density at radius 2 is 2.10 bits per heavy atom. The van der Waals surface area contributed by atoms with Gasteiger partial charge in [0.15, 0.2) is 5.69 Å². The molecule has 0 aliphatic heterocycles. The fourth-order valence-corrected chi connectivity index (χ4v) is 2.12. The van der Waals surface area contributed by atoms with Crippen LogP contribution in [0, 0.1) is 5.41 Å². The van der Waals surface area contributed by atoms with Gasteiger partial charge in [0.1, 0.15) is 6.26 Å². The fraction of sp³-hybridized carbons (Fsp3) is 0.375. The van der Waals surface area contributed by atoms with E-state index in [1.54, 1.807) is 6.92 Å². The molecule has 1 heterocycles. The summed E-state index contributed by atoms with van der Waals surface area (Å²) in [5, 5.41) is 16.5. The molecule has 5 nitrogen and oxygen atoms in total. The molecule has 0 saturated heterocycles. The number of nitrogens with one attached hydrogen (secondary N) is 1. The lowest BCUT2D eigenvalue weighted by molar-refractivity contribution is 0.0499. The van der Waals surface area contributed by atoms with Crippen molar-refractivity contribution in [3.8, 4) is 0 Å². The van der Waals surface area contributed by atoms with Gasteiger partial charge in [-0.1, -0.05) is 42.4 Å². The molecular weight excluding hydrogens is 268 g/mol. The van der Waals surface area contributed by atoms with Crippen molar-refractivity contribution in [1.29, 1.82) is 0 Å². The Labute approximate surface area is 124 Å². The van der Waals surface area contributed by atoms with Gasteiger partial charge in [0, 0.05) is 18.0 Å². The molecule has 0 unspecified atom stereocenters. The van der Waals surface area contributed by atoms with Crippen molar-refractivity contribution >= 4 is 5.91 Å². The lowest BCUT2D eigenvalue weighted by atomic mass is 9.79. The van der Waals surface area contributed by atoms with Crippen LogP contribution < -0.4 is 5.32 Å². The van der Waals surface area contributed by atoms with Crippen LogP contribution in [0.1, 0.15) is 29.9 Å². The molecule has 0 saturated carbocycles. The van der Waals surface area contributed by atoms with Crippen LogP contribution in [0.2, 0.25) is 0 Å². The Bertz CT molecular complexity index is 566. The molecule has 0 aliphatic carbocycles. The van der Waals surface area contributed by atoms with Gasteiger partial charge < -0.3 is 14.9 Å². The van der Waals surface area contributed by atoms with Crippen LogP contribution in [0.4, 0.5) is 0 Å². The quantitative estimate of drug-likeness (QED) is 0.853. The van der Waals surface area contributed by atoms with E-state index in [9.17, 15) is 9.90 Å². The Hall–Kier alpha value is -2.14. The van der Waals surface area contributed by atoms with Crippen molar-refractivity contribution in [3.63, 3.8) is 0 Å². The number of hydrogen-bond acceptors (Lipinski definition) is 4. The fourth-order valence-electron chi connectivity index (χ4n) is 2.12. The number of rotatable bonds is 6. The summed E-state index contributed by atoms with van der Waals surface area (Å²) in [5.41, 5.74) is 0.903. The van der Waals surface area contributed by atoms with E-state index in [1.807, 2.05) is 37.3 Å². The highest BCUT2D eigenvalue weighted by Gasteiger charge is 2.31. The highest BCUT2D eigenvalue weighted by Crippen LogP contribution is 2.26. The number of aliphatic hydroxyl groups excluding tert-OH is 1. The SMILES string of the molecule is C[C@@H](O)[C@](C)(CNC(=O)c1ccon1)Cc1ccccc1. The summed E-state index contributed by atoms with van der Waals surface area (Å²) in [6, 6.07) is 11.4. The van der Waals surface area contributed by atoms with Crippen molar-refractivity contribution < 1.29 is 14.4 Å². The number of aliphatic hydroxyl groups is 1. The second-order valence-electron chi connectivity index (χ2n) is 5.56. The van der Waals surface area contributed by atoms with Crippen LogP contribution in [0.5, 0.6) is 0 Å². The zero-order valence-corrected chi connectivity index (χ0v) is 12.2. The number of benzene rings is 1. The number of aromatic nitrogens is 1. The zero-order valence-electron chi connectivity index (χ0n) is 12.2. The van der Waals surface area contributed by atoms with Crippen LogP contribution in [0.15, 0.2) is 47.2 Å². The van der Waals surface area contributed by atoms with Crippen LogP contribution in [-0.2, 0) is 6.42 Å². The third-order valence-electron chi connectivity index (χ3n) is 3.78. The van der Waals surface area contributed by atoms with Gasteiger partial charge >= 0.3 is 0 Å². The molecule has 0 bridgehead atoms. The molecule has 1 aromatic heterocycles. The van der Waals surface area contributed by atoms with Crippen molar-refractivity contribution in [2.45, 2.75) is 26.4 Å². The standard InChI is InChI=1S/C16H20N2O3/c1-12(19)16(2,10-13-6-4-3-5-7-13)11-17-15(20)14-8-9-21-18-14/h3-9,12,19H,10-11H2,1-2H3,(H,17,20)/t12-,16+/m1/s1. The van der Waals surface area contributed by atoms with Gasteiger partial charge in [0.25, 0.3) is 5.91 Å². The highest BCUT2D eigenvalue weighted by molar-refractivity contribution is 5.91. The van der Waals surface area contributed by atoms with Gasteiger partial charge in [0.05, 0.1) is 6.10 Å². The minimum atomic E-state index is -0.560. The van der Waals surface area contributed by atoms with Crippen molar-refractivity contribution in [2.24, 2.45) is 5.41 Å². The maximum atomic E-state index is 11.9. The molecule has 0 spiro atoms. The number of nitrogens with zero attached hydrogens (tertiary/aromatic N) is 1. The smallest absolute Gasteiger partial charge is 0.273 e. The van der Waals surface area contributed by atoms with Gasteiger partial charge in [0.2, 0.25) is 0 Å². The van der Waals surface area contributed by atoms with Gasteiger partial charge in [-0.3, -0.25) is 4.79 Å². The molecule has 2 rings (SSSR count). The van der Waals surface area contributed by atoms with E-state index in [0.29, 0.717) is 13.0 Å². The third kappa shape index (κ3) is 3.92. The summed E-state index contributed by atoms with van der Waals surface area (Å²) in [6.07, 6.45) is 1.47. The van der Waals surface area contributed by atoms with Gasteiger partial charge in [-0.15, -0.1) is 0 Å². The molecule has 2 aromatic rings. The maximum Gasteiger partial charge on any atom is 0.273 e. The summed E-state index contributed by atoms with van der Waals surface area (Å²) >= 11 is 0. The van der Waals surface area contributed by atoms with Gasteiger partial charge in [-0.25, -0.2) is 0 Å². The Balaban J connectivity index is 2.03. The predicted octanol–water partition coefficient (Wildman–Crippen LogP) is 2.03. The Kier molecular flexibility index (Phi) is 4.75. The molecule has 0 aliphatic rings. The molecule has 1 amide bonds. The second kappa shape index (κ2) is 6.54. The maximum absolute atomic E-state index is 11.9. The van der Waals surface area contributed by atoms with E-state index < -0.39 is 11.5 Å². The van der Waals surface area contributed by atoms with E-state index in [4.69, 9.17) is 0 Å². The molecule has 5 heteroatoms. The zero-order chi connectivity index (χ0) is 15.3. The molecular formula is C16H20N2O3. The monoisotopic (exact) mass is 288 g/mol. The van der Waals surface area contributed by atoms with Crippen LogP contribution in [0.3, 0.4) is 0 Å². The molecule has 0 radical (unpaired) electrons. The summed E-state index contributed by atoms with van der Waals surface area (Å²) < 4.78 is 4.65. The van der Waals surface area contributed by atoms with Crippen LogP contribution in [-0.4, -0.2) is 28.8 Å². The van der Waals surface area contributed by atoms with Crippen LogP contribution in [0.25, 0.3) is 0 Å². The Morgan fingerprint density at radius 3 is 2.67 bits per heavy atom. The first kappa shape index (κ1) is 15.3. The van der Waals surface area contributed by atoms with E-state index in [1.165, 1.54) is 12.3 Å². The summed E-state index contributed by atoms with van der Waals surface area (Å²) in [7, 11) is 0. The first-order valence-corrected chi connectivity index (χ1v) is 6.92. The summed E-state index contributed by atoms with van der Waals surface area (Å²) in [6.45, 7) is 4.05. The average molecular weight is 288 g/mol. The number of hydrogen-bond donors (Lipinski definition) is 2. The minimum absolute atomic E-state index is 0.239. The van der Waals surface area contributed by atoms with E-state index in [0.717, 1.165) is 5.56 Å². The lowest BCUT2D eigenvalue weighted by Gasteiger charge is -2.33. The average Bonchev–Trinajstić information content (AvgIpc) is 3.00. The Morgan fingerprint density at radius 1 is 1.38 bits per heavy atom. The van der Waals surface area contributed by atoms with E-state index in [2.05, 4.69) is 15.0 Å². The molecule has 2 atom stereocenters. The lowest BCUT2D eigenvalue weighted by Crippen LogP contribution is -2.43. The molecule has 1 aromatic carbocycles. The van der Waals surface area contributed by atoms with E-state index in [-0.39, 0.29) is 11.6 Å². The van der Waals surface area contributed by atoms with Gasteiger partial charge in [-0.05, 0) is 18.9 Å². The number of amides is 1. The van der Waals surface area contributed by atoms with Crippen molar-refractivity contribution in [2.75, 3.05) is 6.54 Å². The topological polar surface area (TPSA) is 75.4 Å². The van der Waals surface area contributed by atoms with Gasteiger partial charge in [-0.2, -0.15) is 0 Å². The summed E-state index contributed by atoms with van der Waals surface area (Å²) in [4.78, 5) is 11.9.